The van der Waals surface area contributed by atoms with E-state index in [1.165, 1.54) is 6.07 Å². The van der Waals surface area contributed by atoms with Crippen LogP contribution >= 0.6 is 11.6 Å². The van der Waals surface area contributed by atoms with Crippen molar-refractivity contribution in [1.29, 1.82) is 0 Å². The summed E-state index contributed by atoms with van der Waals surface area (Å²) in [5.41, 5.74) is 0.242. The van der Waals surface area contributed by atoms with Gasteiger partial charge in [-0.25, -0.2) is 0 Å². The summed E-state index contributed by atoms with van der Waals surface area (Å²) in [5.74, 6) is -1.15. The van der Waals surface area contributed by atoms with Crippen molar-refractivity contribution >= 4 is 17.6 Å². The predicted molar refractivity (Wildman–Crippen MR) is 59.6 cm³/mol. The number of carbonyl (C=O) groups excluding carboxylic acids is 1. The molecule has 0 amide bonds. The number of benzene rings is 2. The molecule has 0 aliphatic rings. The van der Waals surface area contributed by atoms with Gasteiger partial charge in [0.1, 0.15) is 0 Å². The molecule has 2 nitrogen and oxygen atoms in total. The molecule has 0 aliphatic carbocycles. The fourth-order valence-corrected chi connectivity index (χ4v) is 4.31. The average Bonchev–Trinajstić information content (AvgIpc) is 2.30. The molecular formula is C13H8ClIO2-2. The molecule has 4 heteroatoms. The molecule has 0 saturated carbocycles. The summed E-state index contributed by atoms with van der Waals surface area (Å²) >= 11 is 5.34. The summed E-state index contributed by atoms with van der Waals surface area (Å²) in [6, 6.07) is 14.6. The summed E-state index contributed by atoms with van der Waals surface area (Å²) in [6.45, 7) is 0. The normalized spacial score (nSPS) is 10.4. The maximum atomic E-state index is 11.0. The van der Waals surface area contributed by atoms with E-state index in [-0.39, 0.29) is 5.56 Å². The summed E-state index contributed by atoms with van der Waals surface area (Å²) in [6.07, 6.45) is 0. The van der Waals surface area contributed by atoms with Gasteiger partial charge in [0.2, 0.25) is 0 Å². The van der Waals surface area contributed by atoms with Crippen molar-refractivity contribution in [2.24, 2.45) is 0 Å². The number of hydrogen-bond donors (Lipinski definition) is 0. The zero-order valence-electron chi connectivity index (χ0n) is 8.69. The van der Waals surface area contributed by atoms with Crippen LogP contribution in [-0.2, 0) is 0 Å². The minimum absolute atomic E-state index is 0.242. The summed E-state index contributed by atoms with van der Waals surface area (Å²) in [5, 5.41) is 11.5. The van der Waals surface area contributed by atoms with Gasteiger partial charge in [-0.1, -0.05) is 0 Å². The number of carboxylic acid groups (broad SMARTS) is 1. The zero-order valence-corrected chi connectivity index (χ0v) is 11.6. The Morgan fingerprint density at radius 2 is 1.82 bits per heavy atom. The Morgan fingerprint density at radius 3 is 2.47 bits per heavy atom. The molecule has 0 radical (unpaired) electrons. The topological polar surface area (TPSA) is 40.1 Å². The summed E-state index contributed by atoms with van der Waals surface area (Å²) in [4.78, 5) is 11.0. The van der Waals surface area contributed by atoms with Gasteiger partial charge in [-0.3, -0.25) is 0 Å². The van der Waals surface area contributed by atoms with E-state index in [2.05, 4.69) is 0 Å². The van der Waals surface area contributed by atoms with Gasteiger partial charge in [-0.05, 0) is 0 Å². The first kappa shape index (κ1) is 12.4. The Morgan fingerprint density at radius 1 is 1.12 bits per heavy atom. The number of carbonyl (C=O) groups is 1. The maximum absolute atomic E-state index is 11.0. The van der Waals surface area contributed by atoms with Crippen molar-refractivity contribution in [3.05, 3.63) is 66.3 Å². The Kier molecular flexibility index (Phi) is 4.02. The minimum atomic E-state index is -1.15. The van der Waals surface area contributed by atoms with Gasteiger partial charge in [0.25, 0.3) is 0 Å². The van der Waals surface area contributed by atoms with Crippen molar-refractivity contribution in [3.8, 4) is 0 Å². The van der Waals surface area contributed by atoms with Gasteiger partial charge in [-0.15, -0.1) is 0 Å². The second kappa shape index (κ2) is 5.51. The molecule has 0 N–H and O–H groups in total. The van der Waals surface area contributed by atoms with E-state index in [0.29, 0.717) is 5.02 Å². The first-order chi connectivity index (χ1) is 8.16. The average molecular weight is 359 g/mol. The van der Waals surface area contributed by atoms with Crippen molar-refractivity contribution in [2.75, 3.05) is 0 Å². The van der Waals surface area contributed by atoms with Crippen molar-refractivity contribution < 1.29 is 31.1 Å². The molecule has 2 rings (SSSR count). The quantitative estimate of drug-likeness (QED) is 0.649. The van der Waals surface area contributed by atoms with Crippen LogP contribution in [0.5, 0.6) is 0 Å². The fraction of sp³-hybridized carbons (Fsp3) is 0. The molecule has 0 aromatic heterocycles. The molecule has 0 saturated heterocycles. The van der Waals surface area contributed by atoms with E-state index in [9.17, 15) is 9.90 Å². The zero-order chi connectivity index (χ0) is 12.3. The Hall–Kier alpha value is -1.07. The molecule has 0 heterocycles. The van der Waals surface area contributed by atoms with Crippen LogP contribution in [0.4, 0.5) is 0 Å². The fourth-order valence-electron chi connectivity index (χ4n) is 1.33. The third-order valence-corrected chi connectivity index (χ3v) is 5.15. The molecule has 2 aromatic carbocycles. The summed E-state index contributed by atoms with van der Waals surface area (Å²) < 4.78 is 1.93. The van der Waals surface area contributed by atoms with E-state index in [4.69, 9.17) is 11.6 Å². The van der Waals surface area contributed by atoms with Gasteiger partial charge in [0, 0.05) is 0 Å². The predicted octanol–water partition coefficient (Wildman–Crippen LogP) is -1.17. The van der Waals surface area contributed by atoms with E-state index in [1.807, 2.05) is 30.3 Å². The van der Waals surface area contributed by atoms with E-state index in [1.54, 1.807) is 12.1 Å². The first-order valence-electron chi connectivity index (χ1n) is 4.87. The van der Waals surface area contributed by atoms with Crippen molar-refractivity contribution in [1.82, 2.24) is 0 Å². The van der Waals surface area contributed by atoms with Crippen LogP contribution < -0.4 is 26.3 Å². The van der Waals surface area contributed by atoms with E-state index in [0.717, 1.165) is 7.14 Å². The van der Waals surface area contributed by atoms with Crippen LogP contribution in [-0.4, -0.2) is 5.97 Å². The van der Waals surface area contributed by atoms with Crippen LogP contribution in [0.25, 0.3) is 0 Å². The summed E-state index contributed by atoms with van der Waals surface area (Å²) in [7, 11) is 0. The van der Waals surface area contributed by atoms with Crippen LogP contribution in [0, 0.1) is 7.14 Å². The van der Waals surface area contributed by atoms with Crippen LogP contribution in [0.15, 0.2) is 48.5 Å². The van der Waals surface area contributed by atoms with Crippen molar-refractivity contribution in [2.45, 2.75) is 0 Å². The van der Waals surface area contributed by atoms with Gasteiger partial charge in [0.05, 0.1) is 0 Å². The second-order valence-electron chi connectivity index (χ2n) is 3.30. The molecule has 88 valence electrons. The van der Waals surface area contributed by atoms with Gasteiger partial charge >= 0.3 is 115 Å². The van der Waals surface area contributed by atoms with Crippen LogP contribution in [0.3, 0.4) is 0 Å². The molecular weight excluding hydrogens is 350 g/mol. The molecule has 17 heavy (non-hydrogen) atoms. The first-order valence-corrected chi connectivity index (χ1v) is 7.41. The Labute approximate surface area is 114 Å². The van der Waals surface area contributed by atoms with Crippen LogP contribution in [0.1, 0.15) is 10.4 Å². The molecule has 0 aliphatic heterocycles. The van der Waals surface area contributed by atoms with E-state index < -0.39 is 27.2 Å². The third-order valence-electron chi connectivity index (χ3n) is 2.10. The third kappa shape index (κ3) is 3.20. The molecule has 0 bridgehead atoms. The monoisotopic (exact) mass is 358 g/mol. The number of hydrogen-bond acceptors (Lipinski definition) is 2. The number of aromatic carboxylic acids is 1. The van der Waals surface area contributed by atoms with Gasteiger partial charge in [-0.2, -0.15) is 0 Å². The molecule has 2 aromatic rings. The SMILES string of the molecule is O=C([O-])c1ccc(Cl)cc1[I-]c1ccccc1. The second-order valence-corrected chi connectivity index (χ2v) is 6.69. The number of carboxylic acids is 1. The molecule has 0 fully saturated rings. The molecule has 0 spiro atoms. The van der Waals surface area contributed by atoms with Gasteiger partial charge in [0.15, 0.2) is 0 Å². The molecule has 0 atom stereocenters. The van der Waals surface area contributed by atoms with E-state index >= 15 is 0 Å². The standard InChI is InChI=1S/C13H9ClIO2/c14-9-6-7-11(13(16)17)12(8-9)15-10-4-2-1-3-5-10/h1-8H,(H,16,17)/q-1/p-1. The Balaban J connectivity index is 2.37. The number of halogens is 2. The Bertz CT molecular complexity index is 540. The molecule has 0 unspecified atom stereocenters. The van der Waals surface area contributed by atoms with Crippen LogP contribution in [0.2, 0.25) is 5.02 Å². The van der Waals surface area contributed by atoms with Gasteiger partial charge < -0.3 is 0 Å². The van der Waals surface area contributed by atoms with Crippen molar-refractivity contribution in [3.63, 3.8) is 0 Å². The number of rotatable bonds is 3.